The predicted molar refractivity (Wildman–Crippen MR) is 122 cm³/mol. The Morgan fingerprint density at radius 2 is 1.93 bits per heavy atom. The Morgan fingerprint density at radius 1 is 1.13 bits per heavy atom. The summed E-state index contributed by atoms with van der Waals surface area (Å²) in [4.78, 5) is 29.3. The fraction of sp³-hybridized carbons (Fsp3) is 0.143. The Balaban J connectivity index is 1.89. The van der Waals surface area contributed by atoms with Gasteiger partial charge in [-0.3, -0.25) is 4.79 Å². The third-order valence-corrected chi connectivity index (χ3v) is 6.13. The smallest absolute Gasteiger partial charge is 0.222 e. The Hall–Kier alpha value is -2.74. The number of carbonyl (C=O) groups excluding carboxylic acids is 1. The fourth-order valence-corrected chi connectivity index (χ4v) is 4.45. The fourth-order valence-electron chi connectivity index (χ4n) is 2.94. The van der Waals surface area contributed by atoms with Crippen LogP contribution in [0.1, 0.15) is 18.3 Å². The molecule has 0 saturated heterocycles. The molecule has 0 unspecified atom stereocenters. The van der Waals surface area contributed by atoms with Crippen LogP contribution in [0, 0.1) is 13.8 Å². The number of hydrogen-bond acceptors (Lipinski definition) is 5. The van der Waals surface area contributed by atoms with Crippen molar-refractivity contribution in [2.24, 2.45) is 0 Å². The lowest BCUT2D eigenvalue weighted by atomic mass is 10.1. The van der Waals surface area contributed by atoms with E-state index in [1.807, 2.05) is 26.0 Å². The highest BCUT2D eigenvalue weighted by atomic mass is 35.5. The summed E-state index contributed by atoms with van der Waals surface area (Å²) in [5.41, 5.74) is 4.22. The van der Waals surface area contributed by atoms with E-state index >= 15 is 0 Å². The molecule has 6 nitrogen and oxygen atoms in total. The minimum Gasteiger partial charge on any atom is -0.341 e. The van der Waals surface area contributed by atoms with Gasteiger partial charge in [0.25, 0.3) is 0 Å². The van der Waals surface area contributed by atoms with Crippen molar-refractivity contribution in [1.29, 1.82) is 0 Å². The lowest BCUT2D eigenvalue weighted by Crippen LogP contribution is -2.07. The summed E-state index contributed by atoms with van der Waals surface area (Å²) >= 11 is 14.1. The normalized spacial score (nSPS) is 11.0. The van der Waals surface area contributed by atoms with E-state index in [-0.39, 0.29) is 5.91 Å². The highest BCUT2D eigenvalue weighted by Gasteiger charge is 2.21. The molecule has 2 N–H and O–H groups in total. The largest absolute Gasteiger partial charge is 0.341 e. The first-order valence-corrected chi connectivity index (χ1v) is 10.6. The van der Waals surface area contributed by atoms with Gasteiger partial charge in [-0.25, -0.2) is 15.0 Å². The number of imidazole rings is 1. The average molecular weight is 458 g/mol. The van der Waals surface area contributed by atoms with E-state index in [1.165, 1.54) is 18.3 Å². The number of aryl methyl sites for hydroxylation is 2. The third-order valence-electron chi connectivity index (χ3n) is 4.47. The van der Waals surface area contributed by atoms with E-state index in [2.05, 4.69) is 20.3 Å². The Kier molecular flexibility index (Phi) is 5.60. The molecule has 0 aliphatic heterocycles. The lowest BCUT2D eigenvalue weighted by Gasteiger charge is -2.04. The van der Waals surface area contributed by atoms with Gasteiger partial charge in [0.05, 0.1) is 21.3 Å². The summed E-state index contributed by atoms with van der Waals surface area (Å²) in [7, 11) is 0. The summed E-state index contributed by atoms with van der Waals surface area (Å²) in [6.45, 7) is 5.37. The minimum absolute atomic E-state index is 0.186. The number of aromatic amines is 1. The first-order valence-electron chi connectivity index (χ1n) is 9.05. The van der Waals surface area contributed by atoms with E-state index in [0.717, 1.165) is 38.2 Å². The number of benzene rings is 1. The molecule has 4 aromatic rings. The number of hydrogen-bond donors (Lipinski definition) is 2. The van der Waals surface area contributed by atoms with Crippen LogP contribution in [0.25, 0.3) is 32.5 Å². The number of halogens is 2. The highest BCUT2D eigenvalue weighted by molar-refractivity contribution is 7.18. The van der Waals surface area contributed by atoms with Crippen molar-refractivity contribution >= 4 is 46.3 Å². The number of nitrogens with zero attached hydrogens (tertiary/aromatic N) is 3. The van der Waals surface area contributed by atoms with Crippen LogP contribution in [0.4, 0.5) is 5.82 Å². The molecule has 1 amide bonds. The molecule has 0 atom stereocenters. The molecule has 0 radical (unpaired) electrons. The molecule has 0 aliphatic carbocycles. The molecule has 9 heteroatoms. The standard InChI is InChI=1S/C21H17Cl2N5OS/c1-10-11(2)26-20(25-10)19-18(15-5-4-14(22)9-16(15)23)28-21(30-19)13-6-7-24-17(8-13)27-12(3)29/h4-9H,1-3H3,(H,25,26)(H,24,27,29). The van der Waals surface area contributed by atoms with Gasteiger partial charge in [0.2, 0.25) is 5.91 Å². The maximum Gasteiger partial charge on any atom is 0.222 e. The maximum absolute atomic E-state index is 11.4. The van der Waals surface area contributed by atoms with Crippen molar-refractivity contribution in [3.05, 3.63) is 58.0 Å². The Labute approximate surface area is 187 Å². The summed E-state index contributed by atoms with van der Waals surface area (Å²) in [5, 5.41) is 4.52. The molecule has 3 aromatic heterocycles. The van der Waals surface area contributed by atoms with Gasteiger partial charge in [0.1, 0.15) is 16.6 Å². The van der Waals surface area contributed by atoms with Gasteiger partial charge in [-0.1, -0.05) is 23.2 Å². The summed E-state index contributed by atoms with van der Waals surface area (Å²) < 4.78 is 0. The number of aromatic nitrogens is 4. The molecule has 0 bridgehead atoms. The molecule has 152 valence electrons. The number of nitrogens with one attached hydrogen (secondary N) is 2. The van der Waals surface area contributed by atoms with Crippen molar-refractivity contribution in [2.45, 2.75) is 20.8 Å². The second-order valence-electron chi connectivity index (χ2n) is 6.73. The number of pyridine rings is 1. The van der Waals surface area contributed by atoms with E-state index in [0.29, 0.717) is 21.6 Å². The van der Waals surface area contributed by atoms with Crippen LogP contribution in [0.3, 0.4) is 0 Å². The third kappa shape index (κ3) is 4.09. The maximum atomic E-state index is 11.4. The van der Waals surface area contributed by atoms with Gasteiger partial charge in [-0.05, 0) is 44.2 Å². The average Bonchev–Trinajstić information content (AvgIpc) is 3.25. The molecule has 3 heterocycles. The van der Waals surface area contributed by atoms with Gasteiger partial charge in [0, 0.05) is 35.0 Å². The number of H-pyrrole nitrogens is 1. The number of amides is 1. The zero-order valence-corrected chi connectivity index (χ0v) is 18.7. The highest BCUT2D eigenvalue weighted by Crippen LogP contribution is 2.42. The predicted octanol–water partition coefficient (Wildman–Crippen LogP) is 6.14. The van der Waals surface area contributed by atoms with E-state index in [9.17, 15) is 4.79 Å². The van der Waals surface area contributed by atoms with Crippen LogP contribution in [-0.2, 0) is 4.79 Å². The first-order chi connectivity index (χ1) is 14.3. The molecule has 4 rings (SSSR count). The lowest BCUT2D eigenvalue weighted by molar-refractivity contribution is -0.114. The van der Waals surface area contributed by atoms with Gasteiger partial charge in [-0.15, -0.1) is 11.3 Å². The van der Waals surface area contributed by atoms with Crippen LogP contribution in [-0.4, -0.2) is 25.8 Å². The van der Waals surface area contributed by atoms with Gasteiger partial charge < -0.3 is 10.3 Å². The molecule has 0 fully saturated rings. The number of anilines is 1. The van der Waals surface area contributed by atoms with Gasteiger partial charge >= 0.3 is 0 Å². The second kappa shape index (κ2) is 8.18. The quantitative estimate of drug-likeness (QED) is 0.385. The zero-order chi connectivity index (χ0) is 21.4. The van der Waals surface area contributed by atoms with Crippen molar-refractivity contribution in [2.75, 3.05) is 5.32 Å². The van der Waals surface area contributed by atoms with Crippen LogP contribution in [0.2, 0.25) is 10.0 Å². The minimum atomic E-state index is -0.186. The van der Waals surface area contributed by atoms with Crippen LogP contribution in [0.15, 0.2) is 36.5 Å². The summed E-state index contributed by atoms with van der Waals surface area (Å²) in [6, 6.07) is 8.97. The zero-order valence-electron chi connectivity index (χ0n) is 16.4. The summed E-state index contributed by atoms with van der Waals surface area (Å²) in [5.74, 6) is 1.01. The number of rotatable bonds is 4. The van der Waals surface area contributed by atoms with Crippen LogP contribution >= 0.6 is 34.5 Å². The SMILES string of the molecule is CC(=O)Nc1cc(-c2nc(-c3ccc(Cl)cc3Cl)c(-c3nc(C)c(C)[nH]3)s2)ccn1. The van der Waals surface area contributed by atoms with E-state index in [4.69, 9.17) is 28.2 Å². The number of carbonyl (C=O) groups is 1. The Morgan fingerprint density at radius 3 is 2.60 bits per heavy atom. The monoisotopic (exact) mass is 457 g/mol. The molecular formula is C21H17Cl2N5OS. The van der Waals surface area contributed by atoms with Gasteiger partial charge in [0.15, 0.2) is 0 Å². The van der Waals surface area contributed by atoms with Crippen molar-refractivity contribution in [1.82, 2.24) is 19.9 Å². The van der Waals surface area contributed by atoms with Crippen molar-refractivity contribution < 1.29 is 4.79 Å². The topological polar surface area (TPSA) is 83.6 Å². The molecule has 1 aromatic carbocycles. The van der Waals surface area contributed by atoms with Gasteiger partial charge in [-0.2, -0.15) is 0 Å². The Bertz CT molecular complexity index is 1240. The van der Waals surface area contributed by atoms with E-state index < -0.39 is 0 Å². The second-order valence-corrected chi connectivity index (χ2v) is 8.57. The molecule has 0 aliphatic rings. The molecule has 0 spiro atoms. The molecule has 30 heavy (non-hydrogen) atoms. The number of thiazole rings is 1. The van der Waals surface area contributed by atoms with Crippen LogP contribution in [0.5, 0.6) is 0 Å². The van der Waals surface area contributed by atoms with E-state index in [1.54, 1.807) is 24.4 Å². The first kappa shape index (κ1) is 20.5. The van der Waals surface area contributed by atoms with Crippen LogP contribution < -0.4 is 5.32 Å². The van der Waals surface area contributed by atoms with Crippen molar-refractivity contribution in [3.8, 4) is 32.5 Å². The molecule has 0 saturated carbocycles. The molecular weight excluding hydrogens is 441 g/mol. The van der Waals surface area contributed by atoms with Crippen molar-refractivity contribution in [3.63, 3.8) is 0 Å². The summed E-state index contributed by atoms with van der Waals surface area (Å²) in [6.07, 6.45) is 1.64.